The molecule has 1 N–H and O–H groups in total. The van der Waals surface area contributed by atoms with Crippen LogP contribution in [0.4, 0.5) is 4.39 Å². The maximum absolute atomic E-state index is 13.5. The molecular weight excluding hydrogens is 313 g/mol. The first kappa shape index (κ1) is 13.9. The van der Waals surface area contributed by atoms with Crippen molar-refractivity contribution in [1.82, 2.24) is 15.5 Å². The summed E-state index contributed by atoms with van der Waals surface area (Å²) in [5, 5.41) is 11.0. The van der Waals surface area contributed by atoms with E-state index in [1.165, 1.54) is 6.07 Å². The van der Waals surface area contributed by atoms with Crippen LogP contribution in [-0.4, -0.2) is 16.7 Å². The average Bonchev–Trinajstić information content (AvgIpc) is 2.42. The number of hydrogen-bond acceptors (Lipinski definition) is 4. The van der Waals surface area contributed by atoms with Crippen molar-refractivity contribution in [3.8, 4) is 11.6 Å². The van der Waals surface area contributed by atoms with Crippen molar-refractivity contribution < 1.29 is 9.13 Å². The van der Waals surface area contributed by atoms with E-state index in [4.69, 9.17) is 4.74 Å². The molecule has 0 amide bonds. The van der Waals surface area contributed by atoms with Gasteiger partial charge in [-0.2, -0.15) is 5.10 Å². The predicted molar refractivity (Wildman–Crippen MR) is 73.6 cm³/mol. The van der Waals surface area contributed by atoms with Gasteiger partial charge in [-0.05, 0) is 30.8 Å². The lowest BCUT2D eigenvalue weighted by atomic mass is 10.3. The van der Waals surface area contributed by atoms with Gasteiger partial charge in [0.25, 0.3) is 0 Å². The molecule has 100 valence electrons. The van der Waals surface area contributed by atoms with Crippen molar-refractivity contribution in [2.75, 3.05) is 6.54 Å². The molecular formula is C13H13BrFN3O. The molecule has 0 atom stereocenters. The smallest absolute Gasteiger partial charge is 0.239 e. The van der Waals surface area contributed by atoms with E-state index in [0.29, 0.717) is 6.54 Å². The molecule has 4 nitrogen and oxygen atoms in total. The molecule has 0 bridgehead atoms. The standard InChI is InChI=1S/C13H13BrFN3O/c1-2-16-8-10-4-6-13(18-17-10)19-12-7-9(14)3-5-11(12)15/h3-7,16H,2,8H2,1H3. The zero-order chi connectivity index (χ0) is 13.7. The van der Waals surface area contributed by atoms with Gasteiger partial charge in [0, 0.05) is 17.1 Å². The maximum Gasteiger partial charge on any atom is 0.239 e. The Balaban J connectivity index is 2.08. The van der Waals surface area contributed by atoms with Crippen LogP contribution in [-0.2, 0) is 6.54 Å². The van der Waals surface area contributed by atoms with E-state index in [2.05, 4.69) is 31.4 Å². The summed E-state index contributed by atoms with van der Waals surface area (Å²) in [7, 11) is 0. The molecule has 0 saturated heterocycles. The molecule has 0 radical (unpaired) electrons. The van der Waals surface area contributed by atoms with Crippen LogP contribution < -0.4 is 10.1 Å². The topological polar surface area (TPSA) is 47.0 Å². The first-order chi connectivity index (χ1) is 9.19. The van der Waals surface area contributed by atoms with Crippen molar-refractivity contribution in [1.29, 1.82) is 0 Å². The summed E-state index contributed by atoms with van der Waals surface area (Å²) in [5.74, 6) is -0.0675. The van der Waals surface area contributed by atoms with Crippen LogP contribution in [0.2, 0.25) is 0 Å². The summed E-state index contributed by atoms with van der Waals surface area (Å²) in [5.41, 5.74) is 0.809. The molecule has 0 aliphatic heterocycles. The second kappa shape index (κ2) is 6.58. The lowest BCUT2D eigenvalue weighted by Crippen LogP contribution is -2.13. The lowest BCUT2D eigenvalue weighted by Gasteiger charge is -2.06. The summed E-state index contributed by atoms with van der Waals surface area (Å²) in [6, 6.07) is 7.93. The Morgan fingerprint density at radius 3 is 2.79 bits per heavy atom. The third-order valence-corrected chi connectivity index (χ3v) is 2.85. The van der Waals surface area contributed by atoms with E-state index in [0.717, 1.165) is 16.7 Å². The Bertz CT molecular complexity index is 548. The van der Waals surface area contributed by atoms with Crippen LogP contribution in [0.5, 0.6) is 11.6 Å². The minimum atomic E-state index is -0.443. The molecule has 2 rings (SSSR count). The molecule has 19 heavy (non-hydrogen) atoms. The Morgan fingerprint density at radius 1 is 1.26 bits per heavy atom. The molecule has 1 aromatic carbocycles. The van der Waals surface area contributed by atoms with Gasteiger partial charge < -0.3 is 10.1 Å². The second-order valence-electron chi connectivity index (χ2n) is 3.82. The van der Waals surface area contributed by atoms with Crippen LogP contribution in [0.1, 0.15) is 12.6 Å². The van der Waals surface area contributed by atoms with Gasteiger partial charge in [-0.3, -0.25) is 0 Å². The van der Waals surface area contributed by atoms with Gasteiger partial charge in [0.15, 0.2) is 11.6 Å². The number of hydrogen-bond donors (Lipinski definition) is 1. The zero-order valence-corrected chi connectivity index (χ0v) is 11.9. The van der Waals surface area contributed by atoms with Gasteiger partial charge in [-0.25, -0.2) is 4.39 Å². The number of aromatic nitrogens is 2. The zero-order valence-electron chi connectivity index (χ0n) is 10.4. The third kappa shape index (κ3) is 3.97. The summed E-state index contributed by atoms with van der Waals surface area (Å²) < 4.78 is 19.6. The average molecular weight is 326 g/mol. The molecule has 2 aromatic rings. The van der Waals surface area contributed by atoms with Crippen molar-refractivity contribution in [3.63, 3.8) is 0 Å². The molecule has 1 aromatic heterocycles. The predicted octanol–water partition coefficient (Wildman–Crippen LogP) is 3.28. The first-order valence-corrected chi connectivity index (χ1v) is 6.64. The Labute approximate surface area is 119 Å². The molecule has 0 aliphatic carbocycles. The van der Waals surface area contributed by atoms with E-state index in [1.807, 2.05) is 6.92 Å². The Morgan fingerprint density at radius 2 is 2.11 bits per heavy atom. The Kier molecular flexibility index (Phi) is 4.81. The van der Waals surface area contributed by atoms with Gasteiger partial charge >= 0.3 is 0 Å². The minimum absolute atomic E-state index is 0.114. The Hall–Kier alpha value is -1.53. The fourth-order valence-electron chi connectivity index (χ4n) is 1.42. The van der Waals surface area contributed by atoms with Crippen LogP contribution in [0, 0.1) is 5.82 Å². The van der Waals surface area contributed by atoms with E-state index in [1.54, 1.807) is 24.3 Å². The highest BCUT2D eigenvalue weighted by Gasteiger charge is 2.07. The van der Waals surface area contributed by atoms with Gasteiger partial charge in [0.2, 0.25) is 5.88 Å². The maximum atomic E-state index is 13.5. The van der Waals surface area contributed by atoms with Crippen molar-refractivity contribution in [3.05, 3.63) is 46.3 Å². The number of ether oxygens (including phenoxy) is 1. The number of nitrogens with one attached hydrogen (secondary N) is 1. The highest BCUT2D eigenvalue weighted by molar-refractivity contribution is 9.10. The van der Waals surface area contributed by atoms with E-state index < -0.39 is 5.82 Å². The van der Waals surface area contributed by atoms with Crippen LogP contribution in [0.25, 0.3) is 0 Å². The van der Waals surface area contributed by atoms with Crippen LogP contribution in [0.15, 0.2) is 34.8 Å². The fourth-order valence-corrected chi connectivity index (χ4v) is 1.76. The van der Waals surface area contributed by atoms with Gasteiger partial charge in [0.1, 0.15) is 0 Å². The third-order valence-electron chi connectivity index (χ3n) is 2.36. The SMILES string of the molecule is CCNCc1ccc(Oc2cc(Br)ccc2F)nn1. The van der Waals surface area contributed by atoms with E-state index >= 15 is 0 Å². The molecule has 0 aliphatic rings. The molecule has 0 saturated carbocycles. The van der Waals surface area contributed by atoms with Gasteiger partial charge in [-0.15, -0.1) is 5.10 Å². The highest BCUT2D eigenvalue weighted by Crippen LogP contribution is 2.26. The number of rotatable bonds is 5. The summed E-state index contributed by atoms with van der Waals surface area (Å²) in [4.78, 5) is 0. The minimum Gasteiger partial charge on any atom is -0.434 e. The molecule has 0 spiro atoms. The van der Waals surface area contributed by atoms with Gasteiger partial charge in [-0.1, -0.05) is 22.9 Å². The number of nitrogens with zero attached hydrogens (tertiary/aromatic N) is 2. The van der Waals surface area contributed by atoms with Crippen molar-refractivity contribution in [2.45, 2.75) is 13.5 Å². The summed E-state index contributed by atoms with van der Waals surface area (Å²) >= 11 is 3.26. The van der Waals surface area contributed by atoms with E-state index in [-0.39, 0.29) is 11.6 Å². The second-order valence-corrected chi connectivity index (χ2v) is 4.74. The molecule has 0 fully saturated rings. The normalized spacial score (nSPS) is 10.5. The highest BCUT2D eigenvalue weighted by atomic mass is 79.9. The molecule has 6 heteroatoms. The fraction of sp³-hybridized carbons (Fsp3) is 0.231. The van der Waals surface area contributed by atoms with E-state index in [9.17, 15) is 4.39 Å². The van der Waals surface area contributed by atoms with Crippen LogP contribution >= 0.6 is 15.9 Å². The first-order valence-electron chi connectivity index (χ1n) is 5.85. The molecule has 1 heterocycles. The quantitative estimate of drug-likeness (QED) is 0.916. The number of halogens is 2. The number of benzene rings is 1. The molecule has 0 unspecified atom stereocenters. The largest absolute Gasteiger partial charge is 0.434 e. The summed E-state index contributed by atoms with van der Waals surface area (Å²) in [6.07, 6.45) is 0. The van der Waals surface area contributed by atoms with Crippen molar-refractivity contribution in [2.24, 2.45) is 0 Å². The van der Waals surface area contributed by atoms with Crippen molar-refractivity contribution >= 4 is 15.9 Å². The lowest BCUT2D eigenvalue weighted by molar-refractivity contribution is 0.420. The van der Waals surface area contributed by atoms with Gasteiger partial charge in [0.05, 0.1) is 5.69 Å². The van der Waals surface area contributed by atoms with Crippen LogP contribution in [0.3, 0.4) is 0 Å². The summed E-state index contributed by atoms with van der Waals surface area (Å²) in [6.45, 7) is 3.53. The monoisotopic (exact) mass is 325 g/mol.